The number of benzene rings is 1. The van der Waals surface area contributed by atoms with Crippen LogP contribution in [0.2, 0.25) is 0 Å². The van der Waals surface area contributed by atoms with Crippen LogP contribution in [0.25, 0.3) is 0 Å². The van der Waals surface area contributed by atoms with Crippen LogP contribution >= 0.6 is 0 Å². The van der Waals surface area contributed by atoms with Crippen molar-refractivity contribution in [3.8, 4) is 0 Å². The highest BCUT2D eigenvalue weighted by atomic mass is 16.4. The standard InChI is InChI=1S/C13H15NO4/c15-11-13(18,12(16)17)8-4-5-9-14(11)10-6-2-1-3-7-10/h1-3,6-7,18H,4-5,8-9H2,(H,16,17). The Morgan fingerprint density at radius 3 is 2.50 bits per heavy atom. The van der Waals surface area contributed by atoms with Crippen molar-refractivity contribution in [2.45, 2.75) is 24.9 Å². The van der Waals surface area contributed by atoms with E-state index in [0.717, 1.165) is 0 Å². The van der Waals surface area contributed by atoms with Crippen molar-refractivity contribution in [3.05, 3.63) is 30.3 Å². The van der Waals surface area contributed by atoms with Crippen molar-refractivity contribution < 1.29 is 19.8 Å². The van der Waals surface area contributed by atoms with Crippen LogP contribution in [0, 0.1) is 0 Å². The summed E-state index contributed by atoms with van der Waals surface area (Å²) in [5, 5.41) is 19.1. The summed E-state index contributed by atoms with van der Waals surface area (Å²) < 4.78 is 0. The summed E-state index contributed by atoms with van der Waals surface area (Å²) in [6.45, 7) is 0.429. The molecule has 1 amide bonds. The minimum Gasteiger partial charge on any atom is -0.479 e. The van der Waals surface area contributed by atoms with Gasteiger partial charge in [-0.15, -0.1) is 0 Å². The molecule has 1 atom stereocenters. The summed E-state index contributed by atoms with van der Waals surface area (Å²) in [7, 11) is 0. The molecule has 18 heavy (non-hydrogen) atoms. The number of hydrogen-bond donors (Lipinski definition) is 2. The Morgan fingerprint density at radius 1 is 1.22 bits per heavy atom. The fraction of sp³-hybridized carbons (Fsp3) is 0.385. The Kier molecular flexibility index (Phi) is 3.34. The molecule has 2 N–H and O–H groups in total. The van der Waals surface area contributed by atoms with E-state index in [2.05, 4.69) is 0 Å². The lowest BCUT2D eigenvalue weighted by Crippen LogP contribution is -2.53. The van der Waals surface area contributed by atoms with E-state index >= 15 is 0 Å². The number of aliphatic hydroxyl groups is 1. The monoisotopic (exact) mass is 249 g/mol. The average Bonchev–Trinajstić information content (AvgIpc) is 2.52. The van der Waals surface area contributed by atoms with Crippen molar-refractivity contribution in [1.82, 2.24) is 0 Å². The van der Waals surface area contributed by atoms with Gasteiger partial charge in [0.05, 0.1) is 0 Å². The largest absolute Gasteiger partial charge is 0.479 e. The highest BCUT2D eigenvalue weighted by Crippen LogP contribution is 2.26. The maximum atomic E-state index is 12.2. The first kappa shape index (κ1) is 12.6. The summed E-state index contributed by atoms with van der Waals surface area (Å²) in [5.74, 6) is -2.23. The summed E-state index contributed by atoms with van der Waals surface area (Å²) in [5.41, 5.74) is -1.68. The Hall–Kier alpha value is -1.88. The first-order chi connectivity index (χ1) is 8.55. The molecule has 5 heteroatoms. The van der Waals surface area contributed by atoms with E-state index < -0.39 is 17.5 Å². The summed E-state index contributed by atoms with van der Waals surface area (Å²) >= 11 is 0. The highest BCUT2D eigenvalue weighted by Gasteiger charge is 2.47. The molecule has 5 nitrogen and oxygen atoms in total. The van der Waals surface area contributed by atoms with Crippen molar-refractivity contribution in [1.29, 1.82) is 0 Å². The van der Waals surface area contributed by atoms with Gasteiger partial charge in [-0.3, -0.25) is 4.79 Å². The summed E-state index contributed by atoms with van der Waals surface area (Å²) in [6, 6.07) is 8.81. The molecule has 0 saturated carbocycles. The average molecular weight is 249 g/mol. The van der Waals surface area contributed by atoms with Crippen LogP contribution in [0.5, 0.6) is 0 Å². The third-order valence-corrected chi connectivity index (χ3v) is 3.19. The molecule has 1 heterocycles. The third kappa shape index (κ3) is 2.09. The van der Waals surface area contributed by atoms with E-state index in [1.54, 1.807) is 24.3 Å². The van der Waals surface area contributed by atoms with E-state index in [-0.39, 0.29) is 6.42 Å². The Balaban J connectivity index is 2.37. The number of aliphatic carboxylic acids is 1. The lowest BCUT2D eigenvalue weighted by Gasteiger charge is -2.27. The van der Waals surface area contributed by atoms with Gasteiger partial charge in [0, 0.05) is 12.2 Å². The van der Waals surface area contributed by atoms with Gasteiger partial charge in [-0.25, -0.2) is 4.79 Å². The van der Waals surface area contributed by atoms with Gasteiger partial charge in [0.25, 0.3) is 5.91 Å². The van der Waals surface area contributed by atoms with Crippen LogP contribution in [-0.4, -0.2) is 34.2 Å². The minimum absolute atomic E-state index is 0.0372. The normalized spacial score (nSPS) is 24.7. The SMILES string of the molecule is O=C(O)C1(O)CCCCN(c2ccccc2)C1=O. The van der Waals surface area contributed by atoms with Crippen LogP contribution in [0.15, 0.2) is 30.3 Å². The molecule has 0 aromatic heterocycles. The third-order valence-electron chi connectivity index (χ3n) is 3.19. The van der Waals surface area contributed by atoms with Gasteiger partial charge in [0.1, 0.15) is 0 Å². The zero-order valence-electron chi connectivity index (χ0n) is 9.87. The summed E-state index contributed by atoms with van der Waals surface area (Å²) in [6.07, 6.45) is 1.15. The number of carbonyl (C=O) groups is 2. The number of para-hydroxylation sites is 1. The molecule has 1 unspecified atom stereocenters. The lowest BCUT2D eigenvalue weighted by atomic mass is 9.97. The highest BCUT2D eigenvalue weighted by molar-refractivity contribution is 6.12. The second-order valence-corrected chi connectivity index (χ2v) is 4.41. The van der Waals surface area contributed by atoms with E-state index in [1.807, 2.05) is 6.07 Å². The Bertz CT molecular complexity index is 459. The molecule has 1 aromatic carbocycles. The Morgan fingerprint density at radius 2 is 1.89 bits per heavy atom. The van der Waals surface area contributed by atoms with E-state index in [4.69, 9.17) is 5.11 Å². The van der Waals surface area contributed by atoms with Crippen LogP contribution in [0.4, 0.5) is 5.69 Å². The van der Waals surface area contributed by atoms with Gasteiger partial charge >= 0.3 is 5.97 Å². The fourth-order valence-corrected chi connectivity index (χ4v) is 2.14. The van der Waals surface area contributed by atoms with Gasteiger partial charge in [-0.1, -0.05) is 18.2 Å². The van der Waals surface area contributed by atoms with Crippen LogP contribution in [0.1, 0.15) is 19.3 Å². The second-order valence-electron chi connectivity index (χ2n) is 4.41. The molecule has 96 valence electrons. The van der Waals surface area contributed by atoms with Crippen molar-refractivity contribution in [2.24, 2.45) is 0 Å². The number of carboxylic acids is 1. The number of carboxylic acid groups (broad SMARTS) is 1. The molecule has 0 spiro atoms. The molecule has 0 radical (unpaired) electrons. The van der Waals surface area contributed by atoms with Crippen molar-refractivity contribution in [2.75, 3.05) is 11.4 Å². The van der Waals surface area contributed by atoms with E-state index in [9.17, 15) is 14.7 Å². The molecule has 1 fully saturated rings. The van der Waals surface area contributed by atoms with Gasteiger partial charge < -0.3 is 15.1 Å². The molecule has 2 rings (SSSR count). The number of anilines is 1. The fourth-order valence-electron chi connectivity index (χ4n) is 2.14. The second kappa shape index (κ2) is 4.78. The molecule has 1 saturated heterocycles. The van der Waals surface area contributed by atoms with Crippen molar-refractivity contribution >= 4 is 17.6 Å². The molecule has 1 aliphatic rings. The number of rotatable bonds is 2. The summed E-state index contributed by atoms with van der Waals surface area (Å²) in [4.78, 5) is 24.7. The minimum atomic E-state index is -2.30. The molecule has 1 aliphatic heterocycles. The van der Waals surface area contributed by atoms with Gasteiger partial charge in [-0.05, 0) is 31.4 Å². The maximum Gasteiger partial charge on any atom is 0.345 e. The maximum absolute atomic E-state index is 12.2. The van der Waals surface area contributed by atoms with Crippen LogP contribution < -0.4 is 4.90 Å². The number of carbonyl (C=O) groups excluding carboxylic acids is 1. The quantitative estimate of drug-likeness (QED) is 0.767. The zero-order chi connectivity index (χ0) is 13.2. The molecule has 0 bridgehead atoms. The van der Waals surface area contributed by atoms with Crippen molar-refractivity contribution in [3.63, 3.8) is 0 Å². The molecular formula is C13H15NO4. The van der Waals surface area contributed by atoms with Gasteiger partial charge in [0.2, 0.25) is 5.60 Å². The lowest BCUT2D eigenvalue weighted by molar-refractivity contribution is -0.165. The predicted octanol–water partition coefficient (Wildman–Crippen LogP) is 1.02. The molecular weight excluding hydrogens is 234 g/mol. The molecule has 0 aliphatic carbocycles. The van der Waals surface area contributed by atoms with Gasteiger partial charge in [-0.2, -0.15) is 0 Å². The first-order valence-corrected chi connectivity index (χ1v) is 5.88. The number of amides is 1. The van der Waals surface area contributed by atoms with Gasteiger partial charge in [0.15, 0.2) is 0 Å². The number of hydrogen-bond acceptors (Lipinski definition) is 3. The first-order valence-electron chi connectivity index (χ1n) is 5.88. The molecule has 1 aromatic rings. The Labute approximate surface area is 105 Å². The van der Waals surface area contributed by atoms with E-state index in [0.29, 0.717) is 25.1 Å². The predicted molar refractivity (Wildman–Crippen MR) is 65.2 cm³/mol. The zero-order valence-corrected chi connectivity index (χ0v) is 9.87. The number of nitrogens with zero attached hydrogens (tertiary/aromatic N) is 1. The smallest absolute Gasteiger partial charge is 0.345 e. The van der Waals surface area contributed by atoms with Crippen LogP contribution in [-0.2, 0) is 9.59 Å². The topological polar surface area (TPSA) is 77.8 Å². The van der Waals surface area contributed by atoms with E-state index in [1.165, 1.54) is 4.90 Å². The van der Waals surface area contributed by atoms with Crippen LogP contribution in [0.3, 0.4) is 0 Å².